The van der Waals surface area contributed by atoms with Crippen molar-refractivity contribution < 1.29 is 4.79 Å². The van der Waals surface area contributed by atoms with Crippen molar-refractivity contribution in [2.24, 2.45) is 5.41 Å². The maximum Gasteiger partial charge on any atom is 0.260 e. The lowest BCUT2D eigenvalue weighted by molar-refractivity contribution is -0.123. The molecule has 0 aliphatic carbocycles. The summed E-state index contributed by atoms with van der Waals surface area (Å²) in [6.45, 7) is 5.35. The zero-order chi connectivity index (χ0) is 13.5. The Morgan fingerprint density at radius 2 is 2.17 bits per heavy atom. The predicted octanol–water partition coefficient (Wildman–Crippen LogP) is 2.39. The third-order valence-electron chi connectivity index (χ3n) is 2.32. The smallest absolute Gasteiger partial charge is 0.260 e. The summed E-state index contributed by atoms with van der Waals surface area (Å²) >= 11 is 7.19. The van der Waals surface area contributed by atoms with Crippen LogP contribution in [-0.2, 0) is 4.79 Å². The molecule has 2 rings (SSSR count). The molecule has 0 saturated heterocycles. The average molecular weight is 286 g/mol. The maximum atomic E-state index is 11.9. The van der Waals surface area contributed by atoms with E-state index in [2.05, 4.69) is 10.3 Å². The number of rotatable bonds is 1. The topological polar surface area (TPSA) is 63.5 Å². The number of halogens is 1. The third-order valence-corrected chi connectivity index (χ3v) is 3.57. The largest absolute Gasteiger partial charge is 0.309 e. The second-order valence-corrected chi connectivity index (χ2v) is 6.41. The van der Waals surface area contributed by atoms with E-state index >= 15 is 0 Å². The first-order valence-electron chi connectivity index (χ1n) is 5.28. The van der Waals surface area contributed by atoms with Gasteiger partial charge in [-0.2, -0.15) is 0 Å². The molecule has 0 fully saturated rings. The van der Waals surface area contributed by atoms with Crippen LogP contribution in [0.2, 0.25) is 4.34 Å². The Labute approximate surface area is 112 Å². The number of thiazole rings is 1. The minimum absolute atomic E-state index is 0.208. The Morgan fingerprint density at radius 3 is 2.78 bits per heavy atom. The monoisotopic (exact) mass is 285 g/mol. The SMILES string of the molecule is CC(C)(C)C(=O)Nc1c(Cl)sc2nccc(=O)n12. The van der Waals surface area contributed by atoms with Gasteiger partial charge in [0.1, 0.15) is 4.34 Å². The predicted molar refractivity (Wildman–Crippen MR) is 72.4 cm³/mol. The highest BCUT2D eigenvalue weighted by Gasteiger charge is 2.24. The quantitative estimate of drug-likeness (QED) is 0.875. The zero-order valence-electron chi connectivity index (χ0n) is 10.2. The minimum Gasteiger partial charge on any atom is -0.309 e. The molecule has 0 spiro atoms. The van der Waals surface area contributed by atoms with Crippen molar-refractivity contribution >= 4 is 39.6 Å². The molecule has 0 aliphatic heterocycles. The van der Waals surface area contributed by atoms with Gasteiger partial charge < -0.3 is 5.32 Å². The molecule has 5 nitrogen and oxygen atoms in total. The lowest BCUT2D eigenvalue weighted by Crippen LogP contribution is -2.29. The molecule has 1 amide bonds. The molecule has 1 N–H and O–H groups in total. The summed E-state index contributed by atoms with van der Waals surface area (Å²) in [4.78, 5) is 28.2. The van der Waals surface area contributed by atoms with Crippen molar-refractivity contribution in [3.63, 3.8) is 0 Å². The van der Waals surface area contributed by atoms with Gasteiger partial charge in [-0.1, -0.05) is 43.7 Å². The first-order chi connectivity index (χ1) is 8.30. The van der Waals surface area contributed by atoms with Gasteiger partial charge >= 0.3 is 0 Å². The Balaban J connectivity index is 2.55. The summed E-state index contributed by atoms with van der Waals surface area (Å²) in [5, 5.41) is 2.68. The Bertz CT molecular complexity index is 669. The highest BCUT2D eigenvalue weighted by Crippen LogP contribution is 2.31. The summed E-state index contributed by atoms with van der Waals surface area (Å²) in [6.07, 6.45) is 1.42. The molecule has 0 aliphatic rings. The Kier molecular flexibility index (Phi) is 3.16. The van der Waals surface area contributed by atoms with Crippen LogP contribution in [0.5, 0.6) is 0 Å². The molecule has 0 radical (unpaired) electrons. The molecule has 2 aromatic heterocycles. The van der Waals surface area contributed by atoms with E-state index in [1.165, 1.54) is 16.7 Å². The summed E-state index contributed by atoms with van der Waals surface area (Å²) in [6, 6.07) is 1.32. The normalized spacial score (nSPS) is 11.8. The van der Waals surface area contributed by atoms with E-state index in [0.29, 0.717) is 9.30 Å². The van der Waals surface area contributed by atoms with E-state index < -0.39 is 5.41 Å². The van der Waals surface area contributed by atoms with Gasteiger partial charge in [-0.15, -0.1) is 0 Å². The summed E-state index contributed by atoms with van der Waals surface area (Å²) in [5.41, 5.74) is -0.837. The van der Waals surface area contributed by atoms with Crippen LogP contribution < -0.4 is 10.9 Å². The molecule has 96 valence electrons. The summed E-state index contributed by atoms with van der Waals surface area (Å²) < 4.78 is 1.64. The van der Waals surface area contributed by atoms with Gasteiger partial charge in [-0.05, 0) is 0 Å². The number of anilines is 1. The first kappa shape index (κ1) is 13.0. The lowest BCUT2D eigenvalue weighted by atomic mass is 9.96. The number of nitrogens with zero attached hydrogens (tertiary/aromatic N) is 2. The van der Waals surface area contributed by atoms with Crippen LogP contribution in [0, 0.1) is 5.41 Å². The number of hydrogen-bond acceptors (Lipinski definition) is 4. The number of nitrogens with one attached hydrogen (secondary N) is 1. The lowest BCUT2D eigenvalue weighted by Gasteiger charge is -2.17. The summed E-state index contributed by atoms with van der Waals surface area (Å²) in [7, 11) is 0. The molecular weight excluding hydrogens is 274 g/mol. The molecule has 2 heterocycles. The van der Waals surface area contributed by atoms with E-state index in [0.717, 1.165) is 11.3 Å². The van der Waals surface area contributed by atoms with Gasteiger partial charge in [0.25, 0.3) is 5.56 Å². The maximum absolute atomic E-state index is 11.9. The van der Waals surface area contributed by atoms with Crippen molar-refractivity contribution in [3.05, 3.63) is 27.0 Å². The molecule has 0 aromatic carbocycles. The fourth-order valence-corrected chi connectivity index (χ4v) is 2.41. The van der Waals surface area contributed by atoms with Crippen LogP contribution in [0.25, 0.3) is 4.96 Å². The van der Waals surface area contributed by atoms with Crippen LogP contribution >= 0.6 is 22.9 Å². The number of fused-ring (bicyclic) bond motifs is 1. The third kappa shape index (κ3) is 2.26. The highest BCUT2D eigenvalue weighted by atomic mass is 35.5. The van der Waals surface area contributed by atoms with E-state index in [1.807, 2.05) is 0 Å². The van der Waals surface area contributed by atoms with E-state index in [9.17, 15) is 9.59 Å². The van der Waals surface area contributed by atoms with Gasteiger partial charge in [0.05, 0.1) is 0 Å². The average Bonchev–Trinajstić information content (AvgIpc) is 2.55. The molecule has 0 unspecified atom stereocenters. The summed E-state index contributed by atoms with van der Waals surface area (Å²) in [5.74, 6) is 0.0783. The second-order valence-electron chi connectivity index (χ2n) is 4.83. The molecule has 2 aromatic rings. The standard InChI is InChI=1S/C11H12ClN3O2S/c1-11(2,3)9(17)14-8-7(12)18-10-13-5-4-6(16)15(8)10/h4-5H,1-3H3,(H,14,17). The minimum atomic E-state index is -0.566. The highest BCUT2D eigenvalue weighted by molar-refractivity contribution is 7.21. The number of carbonyl (C=O) groups is 1. The molecule has 0 bridgehead atoms. The molecular formula is C11H12ClN3O2S. The van der Waals surface area contributed by atoms with Gasteiger partial charge in [-0.3, -0.25) is 9.59 Å². The van der Waals surface area contributed by atoms with E-state index in [-0.39, 0.29) is 17.3 Å². The second kappa shape index (κ2) is 4.37. The Morgan fingerprint density at radius 1 is 1.50 bits per heavy atom. The van der Waals surface area contributed by atoms with Crippen molar-refractivity contribution in [2.75, 3.05) is 5.32 Å². The van der Waals surface area contributed by atoms with Gasteiger partial charge in [0.15, 0.2) is 10.8 Å². The van der Waals surface area contributed by atoms with E-state index in [4.69, 9.17) is 11.6 Å². The van der Waals surface area contributed by atoms with Crippen LogP contribution in [0.3, 0.4) is 0 Å². The number of hydrogen-bond donors (Lipinski definition) is 1. The van der Waals surface area contributed by atoms with E-state index in [1.54, 1.807) is 20.8 Å². The fraction of sp³-hybridized carbons (Fsp3) is 0.364. The zero-order valence-corrected chi connectivity index (χ0v) is 11.7. The molecule has 0 saturated carbocycles. The van der Waals surface area contributed by atoms with Crippen LogP contribution in [0.4, 0.5) is 5.82 Å². The van der Waals surface area contributed by atoms with Crippen LogP contribution in [0.1, 0.15) is 20.8 Å². The van der Waals surface area contributed by atoms with Crippen molar-refractivity contribution in [2.45, 2.75) is 20.8 Å². The number of aromatic nitrogens is 2. The van der Waals surface area contributed by atoms with Crippen LogP contribution in [0.15, 0.2) is 17.1 Å². The fourth-order valence-electron chi connectivity index (χ4n) is 1.29. The number of carbonyl (C=O) groups excluding carboxylic acids is 1. The van der Waals surface area contributed by atoms with Gasteiger partial charge in [-0.25, -0.2) is 9.38 Å². The van der Waals surface area contributed by atoms with Gasteiger partial charge in [0, 0.05) is 17.7 Å². The molecule has 18 heavy (non-hydrogen) atoms. The Hall–Kier alpha value is -1.40. The van der Waals surface area contributed by atoms with Crippen molar-refractivity contribution in [3.8, 4) is 0 Å². The van der Waals surface area contributed by atoms with Crippen LogP contribution in [-0.4, -0.2) is 15.3 Å². The first-order valence-corrected chi connectivity index (χ1v) is 6.47. The van der Waals surface area contributed by atoms with Gasteiger partial charge in [0.2, 0.25) is 5.91 Å². The van der Waals surface area contributed by atoms with Crippen molar-refractivity contribution in [1.82, 2.24) is 9.38 Å². The molecule has 7 heteroatoms. The number of amides is 1. The van der Waals surface area contributed by atoms with Crippen molar-refractivity contribution in [1.29, 1.82) is 0 Å². The molecule has 0 atom stereocenters.